The van der Waals surface area contributed by atoms with E-state index in [1.54, 1.807) is 24.1 Å². The molecule has 0 aliphatic heterocycles. The fourth-order valence-corrected chi connectivity index (χ4v) is 3.35. The molecule has 0 fully saturated rings. The highest BCUT2D eigenvalue weighted by Gasteiger charge is 2.14. The zero-order chi connectivity index (χ0) is 24.6. The molecule has 0 spiro atoms. The Morgan fingerprint density at radius 1 is 1.00 bits per heavy atom. The van der Waals surface area contributed by atoms with Gasteiger partial charge in [-0.3, -0.25) is 15.1 Å². The Morgan fingerprint density at radius 2 is 1.80 bits per heavy atom. The van der Waals surface area contributed by atoms with Crippen molar-refractivity contribution in [2.75, 3.05) is 26.1 Å². The first-order valence-electron chi connectivity index (χ1n) is 10.7. The van der Waals surface area contributed by atoms with Crippen LogP contribution in [0.1, 0.15) is 17.0 Å². The van der Waals surface area contributed by atoms with Gasteiger partial charge < -0.3 is 9.47 Å². The van der Waals surface area contributed by atoms with E-state index in [9.17, 15) is 4.79 Å². The fraction of sp³-hybridized carbons (Fsp3) is 0.200. The smallest absolute Gasteiger partial charge is 0.252 e. The number of benzene rings is 1. The minimum atomic E-state index is -0.376. The van der Waals surface area contributed by atoms with Crippen molar-refractivity contribution >= 4 is 11.9 Å². The van der Waals surface area contributed by atoms with Crippen molar-refractivity contribution in [1.29, 1.82) is 0 Å². The van der Waals surface area contributed by atoms with Gasteiger partial charge in [0.2, 0.25) is 5.95 Å². The molecule has 0 unspecified atom stereocenters. The highest BCUT2D eigenvalue weighted by atomic mass is 16.5. The largest absolute Gasteiger partial charge is 0.378 e. The highest BCUT2D eigenvalue weighted by Crippen LogP contribution is 2.25. The van der Waals surface area contributed by atoms with Crippen LogP contribution in [0.15, 0.2) is 54.7 Å². The van der Waals surface area contributed by atoms with Gasteiger partial charge in [-0.25, -0.2) is 14.6 Å². The van der Waals surface area contributed by atoms with Crippen molar-refractivity contribution in [1.82, 2.24) is 29.9 Å². The lowest BCUT2D eigenvalue weighted by Crippen LogP contribution is -2.19. The zero-order valence-electron chi connectivity index (χ0n) is 19.3. The number of hydrogen-bond acceptors (Lipinski definition) is 8. The Balaban J connectivity index is 1.66. The molecule has 0 radical (unpaired) electrons. The summed E-state index contributed by atoms with van der Waals surface area (Å²) in [5.41, 5.74) is 4.70. The van der Waals surface area contributed by atoms with Crippen LogP contribution < -0.4 is 5.32 Å². The third-order valence-electron chi connectivity index (χ3n) is 4.86. The number of terminal acetylenes is 1. The normalized spacial score (nSPS) is 10.7. The van der Waals surface area contributed by atoms with Gasteiger partial charge in [-0.15, -0.1) is 11.5 Å². The SMILES string of the molecule is C#Cc1cccc(-c2cc(-c3cn(Cc4cccc(COC)n4)nn3)nc(NC(=O)COC)n2)c1. The van der Waals surface area contributed by atoms with E-state index in [1.807, 2.05) is 42.5 Å². The molecule has 1 N–H and O–H groups in total. The minimum Gasteiger partial charge on any atom is -0.378 e. The molecule has 0 saturated heterocycles. The van der Waals surface area contributed by atoms with E-state index < -0.39 is 0 Å². The first-order valence-corrected chi connectivity index (χ1v) is 10.7. The molecule has 0 aliphatic rings. The number of nitrogens with zero attached hydrogens (tertiary/aromatic N) is 6. The molecule has 4 aromatic rings. The van der Waals surface area contributed by atoms with Gasteiger partial charge in [-0.05, 0) is 30.3 Å². The maximum absolute atomic E-state index is 12.1. The van der Waals surface area contributed by atoms with E-state index in [2.05, 4.69) is 36.5 Å². The Morgan fingerprint density at radius 3 is 2.60 bits per heavy atom. The lowest BCUT2D eigenvalue weighted by Gasteiger charge is -2.08. The van der Waals surface area contributed by atoms with E-state index >= 15 is 0 Å². The molecule has 10 heteroatoms. The van der Waals surface area contributed by atoms with Gasteiger partial charge in [0.25, 0.3) is 5.91 Å². The second-order valence-corrected chi connectivity index (χ2v) is 7.52. The molecule has 0 aliphatic carbocycles. The van der Waals surface area contributed by atoms with E-state index in [4.69, 9.17) is 15.9 Å². The summed E-state index contributed by atoms with van der Waals surface area (Å²) in [6.45, 7) is 0.726. The van der Waals surface area contributed by atoms with Crippen molar-refractivity contribution < 1.29 is 14.3 Å². The molecule has 35 heavy (non-hydrogen) atoms. The monoisotopic (exact) mass is 469 g/mol. The maximum atomic E-state index is 12.1. The standard InChI is InChI=1S/C25H23N7O3/c1-4-17-7-5-8-18(11-17)21-12-22(28-25(27-21)29-24(33)16-35-3)23-14-32(31-30-23)13-19-9-6-10-20(26-19)15-34-2/h1,5-12,14H,13,15-16H2,2-3H3,(H,27,28,29,33). The summed E-state index contributed by atoms with van der Waals surface area (Å²) in [6, 6.07) is 14.9. The molecular weight excluding hydrogens is 446 g/mol. The van der Waals surface area contributed by atoms with Crippen LogP contribution in [0.3, 0.4) is 0 Å². The maximum Gasteiger partial charge on any atom is 0.252 e. The van der Waals surface area contributed by atoms with Gasteiger partial charge >= 0.3 is 0 Å². The summed E-state index contributed by atoms with van der Waals surface area (Å²) in [4.78, 5) is 25.6. The number of hydrogen-bond donors (Lipinski definition) is 1. The topological polar surface area (TPSA) is 117 Å². The van der Waals surface area contributed by atoms with Gasteiger partial charge in [-0.2, -0.15) is 0 Å². The number of aromatic nitrogens is 6. The molecule has 3 aromatic heterocycles. The first kappa shape index (κ1) is 23.7. The number of methoxy groups -OCH3 is 2. The fourth-order valence-electron chi connectivity index (χ4n) is 3.35. The Kier molecular flexibility index (Phi) is 7.52. The number of pyridine rings is 1. The van der Waals surface area contributed by atoms with Crippen LogP contribution in [0, 0.1) is 12.3 Å². The lowest BCUT2D eigenvalue weighted by atomic mass is 10.1. The summed E-state index contributed by atoms with van der Waals surface area (Å²) in [5.74, 6) is 2.36. The number of amides is 1. The van der Waals surface area contributed by atoms with Gasteiger partial charge in [0.15, 0.2) is 0 Å². The van der Waals surface area contributed by atoms with Crippen LogP contribution in [-0.2, 0) is 27.4 Å². The summed E-state index contributed by atoms with van der Waals surface area (Å²) >= 11 is 0. The Labute approximate surface area is 202 Å². The zero-order valence-corrected chi connectivity index (χ0v) is 19.3. The van der Waals surface area contributed by atoms with Crippen LogP contribution in [0.2, 0.25) is 0 Å². The quantitative estimate of drug-likeness (QED) is 0.372. The van der Waals surface area contributed by atoms with Crippen molar-refractivity contribution in [3.8, 4) is 35.0 Å². The van der Waals surface area contributed by atoms with Crippen LogP contribution in [0.25, 0.3) is 22.6 Å². The molecule has 3 heterocycles. The van der Waals surface area contributed by atoms with Crippen LogP contribution in [0.5, 0.6) is 0 Å². The number of anilines is 1. The molecule has 0 atom stereocenters. The molecule has 1 aromatic carbocycles. The first-order chi connectivity index (χ1) is 17.1. The van der Waals surface area contributed by atoms with Crippen LogP contribution in [0.4, 0.5) is 5.95 Å². The molecule has 10 nitrogen and oxygen atoms in total. The van der Waals surface area contributed by atoms with E-state index in [0.29, 0.717) is 35.8 Å². The summed E-state index contributed by atoms with van der Waals surface area (Å²) in [7, 11) is 3.06. The molecular formula is C25H23N7O3. The second kappa shape index (κ2) is 11.1. The van der Waals surface area contributed by atoms with E-state index in [0.717, 1.165) is 17.0 Å². The number of ether oxygens (including phenoxy) is 2. The predicted octanol–water partition coefficient (Wildman–Crippen LogP) is 2.56. The molecule has 1 amide bonds. The van der Waals surface area contributed by atoms with Gasteiger partial charge in [0.1, 0.15) is 12.3 Å². The summed E-state index contributed by atoms with van der Waals surface area (Å²) in [5, 5.41) is 11.1. The van der Waals surface area contributed by atoms with E-state index in [-0.39, 0.29) is 18.5 Å². The predicted molar refractivity (Wildman–Crippen MR) is 129 cm³/mol. The molecule has 4 rings (SSSR count). The van der Waals surface area contributed by atoms with Gasteiger partial charge in [-0.1, -0.05) is 29.3 Å². The van der Waals surface area contributed by atoms with Crippen molar-refractivity contribution in [2.45, 2.75) is 13.2 Å². The van der Waals surface area contributed by atoms with Crippen LogP contribution in [-0.4, -0.2) is 56.7 Å². The Hall–Kier alpha value is -4.46. The van der Waals surface area contributed by atoms with E-state index in [1.165, 1.54) is 7.11 Å². The summed E-state index contributed by atoms with van der Waals surface area (Å²) in [6.07, 6.45) is 7.31. The van der Waals surface area contributed by atoms with Crippen molar-refractivity contribution in [3.05, 3.63) is 71.7 Å². The number of carbonyl (C=O) groups is 1. The average molecular weight is 470 g/mol. The third kappa shape index (κ3) is 6.11. The minimum absolute atomic E-state index is 0.120. The third-order valence-corrected chi connectivity index (χ3v) is 4.86. The van der Waals surface area contributed by atoms with Crippen LogP contribution >= 0.6 is 0 Å². The average Bonchev–Trinajstić information content (AvgIpc) is 3.33. The van der Waals surface area contributed by atoms with Crippen molar-refractivity contribution in [3.63, 3.8) is 0 Å². The number of carbonyl (C=O) groups excluding carboxylic acids is 1. The number of nitrogens with one attached hydrogen (secondary N) is 1. The second-order valence-electron chi connectivity index (χ2n) is 7.52. The Bertz CT molecular complexity index is 1380. The van der Waals surface area contributed by atoms with Gasteiger partial charge in [0.05, 0.1) is 42.1 Å². The molecule has 0 saturated carbocycles. The lowest BCUT2D eigenvalue weighted by molar-refractivity contribution is -0.119. The van der Waals surface area contributed by atoms with Crippen molar-refractivity contribution in [2.24, 2.45) is 0 Å². The number of rotatable bonds is 9. The molecule has 0 bridgehead atoms. The highest BCUT2D eigenvalue weighted by molar-refractivity contribution is 5.90. The summed E-state index contributed by atoms with van der Waals surface area (Å²) < 4.78 is 11.7. The van der Waals surface area contributed by atoms with Gasteiger partial charge in [0, 0.05) is 25.3 Å². The molecule has 176 valence electrons.